The Bertz CT molecular complexity index is 551. The molecule has 1 aliphatic heterocycles. The van der Waals surface area contributed by atoms with Gasteiger partial charge in [-0.15, -0.1) is 0 Å². The van der Waals surface area contributed by atoms with Crippen LogP contribution in [-0.4, -0.2) is 24.0 Å². The van der Waals surface area contributed by atoms with Gasteiger partial charge in [-0.2, -0.15) is 0 Å². The maximum absolute atomic E-state index is 11.4. The molecular weight excluding hydrogens is 328 g/mol. The van der Waals surface area contributed by atoms with E-state index in [1.807, 2.05) is 0 Å². The SMILES string of the molecule is COC(=O)C(O)c1cc2c(cc1Br)OC1(CCCC1)O2. The van der Waals surface area contributed by atoms with Crippen LogP contribution in [0.4, 0.5) is 0 Å². The second kappa shape index (κ2) is 4.93. The first-order valence-electron chi connectivity index (χ1n) is 6.52. The molecule has 1 aromatic carbocycles. The van der Waals surface area contributed by atoms with Crippen LogP contribution in [0.1, 0.15) is 37.4 Å². The minimum absolute atomic E-state index is 0.411. The summed E-state index contributed by atoms with van der Waals surface area (Å²) in [6.07, 6.45) is 2.52. The number of carbonyl (C=O) groups excluding carboxylic acids is 1. The number of esters is 1. The van der Waals surface area contributed by atoms with Crippen LogP contribution < -0.4 is 9.47 Å². The Labute approximate surface area is 125 Å². The molecule has 1 atom stereocenters. The van der Waals surface area contributed by atoms with Crippen LogP contribution in [0.25, 0.3) is 0 Å². The van der Waals surface area contributed by atoms with Gasteiger partial charge < -0.3 is 19.3 Å². The van der Waals surface area contributed by atoms with Crippen molar-refractivity contribution in [3.63, 3.8) is 0 Å². The highest BCUT2D eigenvalue weighted by Gasteiger charge is 2.44. The summed E-state index contributed by atoms with van der Waals surface area (Å²) >= 11 is 3.34. The Morgan fingerprint density at radius 3 is 2.55 bits per heavy atom. The van der Waals surface area contributed by atoms with Crippen LogP contribution in [-0.2, 0) is 9.53 Å². The van der Waals surface area contributed by atoms with E-state index < -0.39 is 17.9 Å². The van der Waals surface area contributed by atoms with Crippen molar-refractivity contribution in [3.8, 4) is 11.5 Å². The molecular formula is C14H15BrO5. The molecule has 0 aromatic heterocycles. The van der Waals surface area contributed by atoms with Gasteiger partial charge in [-0.25, -0.2) is 4.79 Å². The number of rotatable bonds is 2. The maximum Gasteiger partial charge on any atom is 0.339 e. The maximum atomic E-state index is 11.4. The second-order valence-corrected chi connectivity index (χ2v) is 5.92. The second-order valence-electron chi connectivity index (χ2n) is 5.07. The highest BCUT2D eigenvalue weighted by atomic mass is 79.9. The quantitative estimate of drug-likeness (QED) is 0.837. The fourth-order valence-electron chi connectivity index (χ4n) is 2.70. The summed E-state index contributed by atoms with van der Waals surface area (Å²) in [5.41, 5.74) is 0.411. The fourth-order valence-corrected chi connectivity index (χ4v) is 3.24. The Kier molecular flexibility index (Phi) is 3.38. The highest BCUT2D eigenvalue weighted by Crippen LogP contribution is 2.48. The lowest BCUT2D eigenvalue weighted by Gasteiger charge is -2.21. The molecule has 1 aromatic rings. The zero-order valence-corrected chi connectivity index (χ0v) is 12.6. The summed E-state index contributed by atoms with van der Waals surface area (Å²) in [7, 11) is 1.24. The molecule has 0 bridgehead atoms. The Balaban J connectivity index is 1.92. The van der Waals surface area contributed by atoms with Crippen molar-refractivity contribution in [1.29, 1.82) is 0 Å². The third-order valence-electron chi connectivity index (χ3n) is 3.74. The van der Waals surface area contributed by atoms with Crippen molar-refractivity contribution in [2.24, 2.45) is 0 Å². The lowest BCUT2D eigenvalue weighted by molar-refractivity contribution is -0.150. The van der Waals surface area contributed by atoms with E-state index in [-0.39, 0.29) is 0 Å². The molecule has 1 N–H and O–H groups in total. The monoisotopic (exact) mass is 342 g/mol. The zero-order valence-electron chi connectivity index (χ0n) is 11.0. The van der Waals surface area contributed by atoms with Crippen LogP contribution in [0.5, 0.6) is 11.5 Å². The highest BCUT2D eigenvalue weighted by molar-refractivity contribution is 9.10. The summed E-state index contributed by atoms with van der Waals surface area (Å²) in [4.78, 5) is 11.4. The molecule has 2 aliphatic rings. The predicted molar refractivity (Wildman–Crippen MR) is 73.6 cm³/mol. The van der Waals surface area contributed by atoms with Gasteiger partial charge in [0.25, 0.3) is 5.79 Å². The smallest absolute Gasteiger partial charge is 0.339 e. The Morgan fingerprint density at radius 2 is 1.95 bits per heavy atom. The van der Waals surface area contributed by atoms with Gasteiger partial charge in [-0.05, 0) is 25.0 Å². The summed E-state index contributed by atoms with van der Waals surface area (Å²) in [5, 5.41) is 9.96. The van der Waals surface area contributed by atoms with E-state index >= 15 is 0 Å². The largest absolute Gasteiger partial charge is 0.467 e. The number of carbonyl (C=O) groups is 1. The van der Waals surface area contributed by atoms with Gasteiger partial charge in [0.15, 0.2) is 17.6 Å². The Hall–Kier alpha value is -1.27. The molecule has 6 heteroatoms. The predicted octanol–water partition coefficient (Wildman–Crippen LogP) is 2.70. The number of methoxy groups -OCH3 is 1. The number of hydrogen-bond donors (Lipinski definition) is 1. The first kappa shape index (κ1) is 13.7. The van der Waals surface area contributed by atoms with Gasteiger partial charge in [0.1, 0.15) is 0 Å². The average Bonchev–Trinajstić information content (AvgIpc) is 3.02. The van der Waals surface area contributed by atoms with Crippen molar-refractivity contribution in [3.05, 3.63) is 22.2 Å². The minimum Gasteiger partial charge on any atom is -0.467 e. The molecule has 20 heavy (non-hydrogen) atoms. The van der Waals surface area contributed by atoms with Gasteiger partial charge in [-0.3, -0.25) is 0 Å². The van der Waals surface area contributed by atoms with Gasteiger partial charge in [0, 0.05) is 22.9 Å². The van der Waals surface area contributed by atoms with Crippen LogP contribution >= 0.6 is 15.9 Å². The van der Waals surface area contributed by atoms with Gasteiger partial charge >= 0.3 is 5.97 Å². The Morgan fingerprint density at radius 1 is 1.35 bits per heavy atom. The normalized spacial score (nSPS) is 20.1. The number of ether oxygens (including phenoxy) is 3. The number of benzene rings is 1. The lowest BCUT2D eigenvalue weighted by Crippen LogP contribution is -2.34. The molecule has 1 saturated carbocycles. The van der Waals surface area contributed by atoms with Gasteiger partial charge in [0.2, 0.25) is 0 Å². The van der Waals surface area contributed by atoms with Crippen molar-refractivity contribution < 1.29 is 24.1 Å². The molecule has 108 valence electrons. The number of halogens is 1. The summed E-state index contributed by atoms with van der Waals surface area (Å²) in [6, 6.07) is 3.36. The molecule has 1 spiro atoms. The minimum atomic E-state index is -1.34. The van der Waals surface area contributed by atoms with E-state index in [0.29, 0.717) is 21.5 Å². The average molecular weight is 343 g/mol. The topological polar surface area (TPSA) is 65.0 Å². The third kappa shape index (κ3) is 2.16. The van der Waals surface area contributed by atoms with Crippen LogP contribution in [0.3, 0.4) is 0 Å². The van der Waals surface area contributed by atoms with E-state index in [9.17, 15) is 9.90 Å². The molecule has 0 saturated heterocycles. The summed E-state index contributed by atoms with van der Waals surface area (Å²) in [5.74, 6) is -0.0656. The fraction of sp³-hybridized carbons (Fsp3) is 0.500. The van der Waals surface area contributed by atoms with Crippen LogP contribution in [0, 0.1) is 0 Å². The number of aliphatic hydroxyl groups is 1. The first-order valence-corrected chi connectivity index (χ1v) is 7.31. The molecule has 3 rings (SSSR count). The van der Waals surface area contributed by atoms with Crippen molar-refractivity contribution >= 4 is 21.9 Å². The zero-order chi connectivity index (χ0) is 14.3. The molecule has 5 nitrogen and oxygen atoms in total. The van der Waals surface area contributed by atoms with E-state index in [2.05, 4.69) is 20.7 Å². The van der Waals surface area contributed by atoms with E-state index in [1.54, 1.807) is 12.1 Å². The third-order valence-corrected chi connectivity index (χ3v) is 4.43. The molecule has 1 heterocycles. The summed E-state index contributed by atoms with van der Waals surface area (Å²) < 4.78 is 17.0. The molecule has 1 aliphatic carbocycles. The van der Waals surface area contributed by atoms with E-state index in [0.717, 1.165) is 25.7 Å². The molecule has 1 fully saturated rings. The first-order chi connectivity index (χ1) is 9.54. The number of fused-ring (bicyclic) bond motifs is 1. The van der Waals surface area contributed by atoms with E-state index in [4.69, 9.17) is 9.47 Å². The number of hydrogen-bond acceptors (Lipinski definition) is 5. The summed E-state index contributed by atoms with van der Waals surface area (Å²) in [6.45, 7) is 0. The number of aliphatic hydroxyl groups excluding tert-OH is 1. The van der Waals surface area contributed by atoms with Gasteiger partial charge in [-0.1, -0.05) is 15.9 Å². The van der Waals surface area contributed by atoms with Crippen LogP contribution in [0.15, 0.2) is 16.6 Å². The van der Waals surface area contributed by atoms with Crippen molar-refractivity contribution in [1.82, 2.24) is 0 Å². The van der Waals surface area contributed by atoms with Crippen molar-refractivity contribution in [2.45, 2.75) is 37.6 Å². The van der Waals surface area contributed by atoms with Gasteiger partial charge in [0.05, 0.1) is 7.11 Å². The van der Waals surface area contributed by atoms with Crippen LogP contribution in [0.2, 0.25) is 0 Å². The standard InChI is InChI=1S/C14H15BrO5/c1-18-13(17)12(16)8-6-10-11(7-9(8)15)20-14(19-10)4-2-3-5-14/h6-7,12,16H,2-5H2,1H3. The molecule has 1 unspecified atom stereocenters. The molecule has 0 radical (unpaired) electrons. The van der Waals surface area contributed by atoms with E-state index in [1.165, 1.54) is 7.11 Å². The van der Waals surface area contributed by atoms with Crippen molar-refractivity contribution in [2.75, 3.05) is 7.11 Å². The molecule has 0 amide bonds. The lowest BCUT2D eigenvalue weighted by atomic mass is 10.1.